The molecule has 268 valence electrons. The van der Waals surface area contributed by atoms with E-state index in [-0.39, 0.29) is 0 Å². The van der Waals surface area contributed by atoms with Crippen LogP contribution in [0.2, 0.25) is 0 Å². The summed E-state index contributed by atoms with van der Waals surface area (Å²) in [5.41, 5.74) is 0.800. The minimum atomic E-state index is -6.68. The highest BCUT2D eigenvalue weighted by Crippen LogP contribution is 2.47. The molecule has 0 spiro atoms. The van der Waals surface area contributed by atoms with E-state index in [9.17, 15) is 35.5 Å². The molecule has 0 saturated carbocycles. The van der Waals surface area contributed by atoms with Gasteiger partial charge in [-0.1, -0.05) is 24.3 Å². The lowest BCUT2D eigenvalue weighted by Crippen LogP contribution is -2.57. The van der Waals surface area contributed by atoms with Gasteiger partial charge in [0.2, 0.25) is 0 Å². The van der Waals surface area contributed by atoms with Crippen molar-refractivity contribution in [3.8, 4) is 5.75 Å². The van der Waals surface area contributed by atoms with E-state index in [1.807, 2.05) is 79.7 Å². The highest BCUT2D eigenvalue weighted by atomic mass is 19.4. The summed E-state index contributed by atoms with van der Waals surface area (Å²) in [6, 6.07) is 19.0. The lowest BCUT2D eigenvalue weighted by atomic mass is 9.79. The van der Waals surface area contributed by atoms with Crippen LogP contribution in [0.15, 0.2) is 72.8 Å². The van der Waals surface area contributed by atoms with Crippen molar-refractivity contribution in [1.82, 2.24) is 0 Å². The second-order valence-corrected chi connectivity index (χ2v) is 14.2. The number of halogens is 7. The normalized spacial score (nSPS) is 19.8. The molecule has 2 saturated heterocycles. The molecule has 3 aromatic carbocycles. The number of ether oxygens (including phenoxy) is 1. The average molecular weight is 709 g/mol. The maximum Gasteiger partial charge on any atom is 0.494 e. The third-order valence-corrected chi connectivity index (χ3v) is 9.67. The number of anilines is 3. The van der Waals surface area contributed by atoms with E-state index in [4.69, 9.17) is 18.6 Å². The van der Waals surface area contributed by atoms with E-state index in [1.54, 1.807) is 29.2 Å². The molecule has 0 unspecified atom stereocenters. The molecule has 2 fully saturated rings. The zero-order chi connectivity index (χ0) is 37.3. The summed E-state index contributed by atoms with van der Waals surface area (Å²) in [5.74, 6) is -16.6. The minimum Gasteiger partial charge on any atom is -0.422 e. The SMILES string of the molecule is CC1(C)OB(c2ccc(N(c3ccc(OC(=O)C(F)(F)C(F)(F)C(F)(F)F)cc3)c3ccc(B4OC(C)(C)C(C)(C)O4)cc3)cc2)OC1(C)C. The van der Waals surface area contributed by atoms with Gasteiger partial charge < -0.3 is 28.3 Å². The number of nitrogens with zero attached hydrogens (tertiary/aromatic N) is 1. The lowest BCUT2D eigenvalue weighted by Gasteiger charge is -2.32. The smallest absolute Gasteiger partial charge is 0.422 e. The minimum absolute atomic E-state index is 0.393. The molecule has 0 bridgehead atoms. The number of alkyl halides is 7. The zero-order valence-electron chi connectivity index (χ0n) is 28.6. The van der Waals surface area contributed by atoms with Gasteiger partial charge >= 0.3 is 38.2 Å². The maximum atomic E-state index is 13.9. The lowest BCUT2D eigenvalue weighted by molar-refractivity contribution is -0.346. The van der Waals surface area contributed by atoms with Gasteiger partial charge in [0, 0.05) is 17.1 Å². The number of hydrogen-bond acceptors (Lipinski definition) is 7. The molecule has 2 heterocycles. The van der Waals surface area contributed by atoms with Crippen molar-refractivity contribution in [1.29, 1.82) is 0 Å². The maximum absolute atomic E-state index is 13.9. The van der Waals surface area contributed by atoms with Crippen LogP contribution >= 0.6 is 0 Å². The largest absolute Gasteiger partial charge is 0.494 e. The summed E-state index contributed by atoms with van der Waals surface area (Å²) in [6.45, 7) is 15.4. The first-order valence-corrected chi connectivity index (χ1v) is 15.7. The van der Waals surface area contributed by atoms with Crippen LogP contribution < -0.4 is 20.6 Å². The first-order valence-electron chi connectivity index (χ1n) is 15.7. The first kappa shape index (κ1) is 37.7. The fourth-order valence-corrected chi connectivity index (χ4v) is 5.11. The molecule has 3 aromatic rings. The van der Waals surface area contributed by atoms with Crippen molar-refractivity contribution in [2.45, 2.75) is 95.8 Å². The standard InChI is InChI=1S/C34H36B2F7NO6/c1-28(2)29(3,4)48-35(47-28)21-9-13-23(14-10-21)44(24-15-11-22(12-16-24)36-49-30(5,6)31(7,8)50-36)25-17-19-26(20-18-25)46-27(45)32(37,38)33(39,40)34(41,42)43/h9-20H,1-8H3. The molecule has 5 rings (SSSR count). The summed E-state index contributed by atoms with van der Waals surface area (Å²) >= 11 is 0. The molecule has 16 heteroatoms. The summed E-state index contributed by atoms with van der Waals surface area (Å²) < 4.78 is 121. The van der Waals surface area contributed by atoms with E-state index in [2.05, 4.69) is 4.74 Å². The van der Waals surface area contributed by atoms with Crippen molar-refractivity contribution in [3.63, 3.8) is 0 Å². The monoisotopic (exact) mass is 709 g/mol. The van der Waals surface area contributed by atoms with Crippen molar-refractivity contribution in [2.24, 2.45) is 0 Å². The number of benzene rings is 3. The molecule has 2 aliphatic heterocycles. The Morgan fingerprint density at radius 1 is 0.560 bits per heavy atom. The molecule has 2 aliphatic rings. The predicted octanol–water partition coefficient (Wildman–Crippen LogP) is 7.49. The van der Waals surface area contributed by atoms with Crippen LogP contribution in [-0.2, 0) is 23.4 Å². The quantitative estimate of drug-likeness (QED) is 0.104. The molecule has 0 atom stereocenters. The average Bonchev–Trinajstić information content (AvgIpc) is 3.37. The van der Waals surface area contributed by atoms with E-state index >= 15 is 0 Å². The highest BCUT2D eigenvalue weighted by molar-refractivity contribution is 6.62. The predicted molar refractivity (Wildman–Crippen MR) is 174 cm³/mol. The number of rotatable bonds is 8. The fourth-order valence-electron chi connectivity index (χ4n) is 5.11. The van der Waals surface area contributed by atoms with E-state index in [0.717, 1.165) is 23.1 Å². The van der Waals surface area contributed by atoms with Gasteiger partial charge in [-0.05, 0) is 115 Å². The summed E-state index contributed by atoms with van der Waals surface area (Å²) in [4.78, 5) is 13.6. The topological polar surface area (TPSA) is 66.5 Å². The Balaban J connectivity index is 1.45. The third kappa shape index (κ3) is 6.62. The van der Waals surface area contributed by atoms with Crippen LogP contribution in [-0.4, -0.2) is 60.6 Å². The molecule has 50 heavy (non-hydrogen) atoms. The van der Waals surface area contributed by atoms with Gasteiger partial charge in [0.25, 0.3) is 0 Å². The van der Waals surface area contributed by atoms with Crippen LogP contribution in [0.1, 0.15) is 55.4 Å². The van der Waals surface area contributed by atoms with Gasteiger partial charge in [-0.2, -0.15) is 30.7 Å². The number of hydrogen-bond donors (Lipinski definition) is 0. The third-order valence-electron chi connectivity index (χ3n) is 9.67. The number of esters is 1. The van der Waals surface area contributed by atoms with Crippen molar-refractivity contribution >= 4 is 48.2 Å². The summed E-state index contributed by atoms with van der Waals surface area (Å²) in [7, 11) is -1.28. The van der Waals surface area contributed by atoms with E-state index in [1.165, 1.54) is 12.1 Å². The van der Waals surface area contributed by atoms with Gasteiger partial charge in [-0.3, -0.25) is 0 Å². The molecular weight excluding hydrogens is 673 g/mol. The Morgan fingerprint density at radius 3 is 1.16 bits per heavy atom. The molecule has 7 nitrogen and oxygen atoms in total. The van der Waals surface area contributed by atoms with Crippen LogP contribution in [0, 0.1) is 0 Å². The second kappa shape index (κ2) is 12.3. The Morgan fingerprint density at radius 2 is 0.860 bits per heavy atom. The molecule has 0 amide bonds. The van der Waals surface area contributed by atoms with Gasteiger partial charge in [0.15, 0.2) is 0 Å². The van der Waals surface area contributed by atoms with Gasteiger partial charge in [0.05, 0.1) is 22.4 Å². The highest BCUT2D eigenvalue weighted by Gasteiger charge is 2.77. The first-order chi connectivity index (χ1) is 22.8. The molecule has 0 radical (unpaired) electrons. The van der Waals surface area contributed by atoms with Crippen LogP contribution in [0.4, 0.5) is 47.8 Å². The van der Waals surface area contributed by atoms with Crippen molar-refractivity contribution in [3.05, 3.63) is 72.8 Å². The number of carbonyl (C=O) groups is 1. The Bertz CT molecular complexity index is 1600. The molecular formula is C34H36B2F7NO6. The molecule has 0 N–H and O–H groups in total. The van der Waals surface area contributed by atoms with E-state index in [0.29, 0.717) is 17.1 Å². The fraction of sp³-hybridized carbons (Fsp3) is 0.441. The van der Waals surface area contributed by atoms with Gasteiger partial charge in [-0.15, -0.1) is 0 Å². The van der Waals surface area contributed by atoms with Crippen molar-refractivity contribution < 1.29 is 58.9 Å². The second-order valence-electron chi connectivity index (χ2n) is 14.2. The van der Waals surface area contributed by atoms with Gasteiger partial charge in [-0.25, -0.2) is 4.79 Å². The molecule has 0 aromatic heterocycles. The van der Waals surface area contributed by atoms with Crippen LogP contribution in [0.5, 0.6) is 5.75 Å². The van der Waals surface area contributed by atoms with Gasteiger partial charge in [0.1, 0.15) is 5.75 Å². The zero-order valence-corrected chi connectivity index (χ0v) is 28.6. The Labute approximate surface area is 286 Å². The summed E-state index contributed by atoms with van der Waals surface area (Å²) in [6.07, 6.45) is -6.68. The van der Waals surface area contributed by atoms with Crippen molar-refractivity contribution in [2.75, 3.05) is 4.90 Å². The number of carbonyl (C=O) groups excluding carboxylic acids is 1. The molecule has 0 aliphatic carbocycles. The summed E-state index contributed by atoms with van der Waals surface area (Å²) in [5, 5.41) is 0. The van der Waals surface area contributed by atoms with Crippen LogP contribution in [0.3, 0.4) is 0 Å². The van der Waals surface area contributed by atoms with Crippen LogP contribution in [0.25, 0.3) is 0 Å². The Kier molecular flexibility index (Phi) is 9.25. The Hall–Kier alpha value is -3.59. The van der Waals surface area contributed by atoms with E-state index < -0.39 is 66.4 Å².